The summed E-state index contributed by atoms with van der Waals surface area (Å²) in [4.78, 5) is 12.5. The molecule has 1 aliphatic rings. The van der Waals surface area contributed by atoms with Crippen LogP contribution in [0.2, 0.25) is 0 Å². The van der Waals surface area contributed by atoms with Crippen molar-refractivity contribution in [3.63, 3.8) is 0 Å². The number of amides is 1. The molecule has 0 saturated carbocycles. The topological polar surface area (TPSA) is 73.1 Å². The molecule has 0 spiro atoms. The van der Waals surface area contributed by atoms with E-state index in [4.69, 9.17) is 0 Å². The van der Waals surface area contributed by atoms with Crippen molar-refractivity contribution in [2.24, 2.45) is 0 Å². The molecule has 3 aromatic rings. The summed E-state index contributed by atoms with van der Waals surface area (Å²) in [5, 5.41) is 22.1. The summed E-state index contributed by atoms with van der Waals surface area (Å²) in [5.41, 5.74) is 5.43. The third-order valence-electron chi connectivity index (χ3n) is 4.78. The van der Waals surface area contributed by atoms with Crippen molar-refractivity contribution in [2.45, 2.75) is 6.42 Å². The molecular formula is C23H14Br2N2O2. The first kappa shape index (κ1) is 19.4. The van der Waals surface area contributed by atoms with Crippen molar-refractivity contribution >= 4 is 49.0 Å². The maximum atomic E-state index is 12.5. The van der Waals surface area contributed by atoms with Crippen molar-refractivity contribution in [3.05, 3.63) is 86.3 Å². The first-order chi connectivity index (χ1) is 14.0. The zero-order valence-corrected chi connectivity index (χ0v) is 18.2. The maximum Gasteiger partial charge on any atom is 0.256 e. The highest BCUT2D eigenvalue weighted by atomic mass is 79.9. The number of phenols is 1. The molecule has 0 aliphatic carbocycles. The van der Waals surface area contributed by atoms with E-state index in [0.717, 1.165) is 27.9 Å². The van der Waals surface area contributed by atoms with Crippen molar-refractivity contribution in [3.8, 4) is 22.9 Å². The van der Waals surface area contributed by atoms with Crippen LogP contribution in [0.25, 0.3) is 16.7 Å². The van der Waals surface area contributed by atoms with E-state index in [2.05, 4.69) is 43.2 Å². The lowest BCUT2D eigenvalue weighted by molar-refractivity contribution is -0.110. The number of rotatable bonds is 3. The summed E-state index contributed by atoms with van der Waals surface area (Å²) in [5.74, 6) is -0.00575. The molecule has 29 heavy (non-hydrogen) atoms. The molecule has 0 bridgehead atoms. The zero-order chi connectivity index (χ0) is 20.5. The Morgan fingerprint density at radius 3 is 2.48 bits per heavy atom. The molecule has 0 atom stereocenters. The monoisotopic (exact) mass is 508 g/mol. The minimum Gasteiger partial charge on any atom is -0.506 e. The third kappa shape index (κ3) is 3.71. The number of nitrogens with one attached hydrogen (secondary N) is 1. The smallest absolute Gasteiger partial charge is 0.256 e. The van der Waals surface area contributed by atoms with Gasteiger partial charge in [0.15, 0.2) is 0 Å². The quantitative estimate of drug-likeness (QED) is 0.423. The average Bonchev–Trinajstić information content (AvgIpc) is 3.04. The Labute approximate surface area is 184 Å². The molecule has 0 saturated heterocycles. The van der Waals surface area contributed by atoms with Gasteiger partial charge in [-0.3, -0.25) is 4.79 Å². The van der Waals surface area contributed by atoms with Crippen LogP contribution in [0.3, 0.4) is 0 Å². The van der Waals surface area contributed by atoms with E-state index < -0.39 is 0 Å². The number of carbonyl (C=O) groups is 1. The van der Waals surface area contributed by atoms with Crippen LogP contribution in [0, 0.1) is 11.3 Å². The number of allylic oxidation sites excluding steroid dienone is 1. The molecule has 0 unspecified atom stereocenters. The van der Waals surface area contributed by atoms with E-state index in [1.807, 2.05) is 54.6 Å². The average molecular weight is 510 g/mol. The fraction of sp³-hybridized carbons (Fsp3) is 0.0435. The Hall–Kier alpha value is -2.88. The fourth-order valence-electron chi connectivity index (χ4n) is 3.35. The first-order valence-corrected chi connectivity index (χ1v) is 10.4. The van der Waals surface area contributed by atoms with Gasteiger partial charge in [-0.2, -0.15) is 5.26 Å². The fourth-order valence-corrected chi connectivity index (χ4v) is 4.63. The predicted molar refractivity (Wildman–Crippen MR) is 120 cm³/mol. The highest BCUT2D eigenvalue weighted by Crippen LogP contribution is 2.37. The van der Waals surface area contributed by atoms with E-state index in [9.17, 15) is 15.2 Å². The molecule has 142 valence electrons. The number of fused-ring (bicyclic) bond motifs is 1. The highest BCUT2D eigenvalue weighted by Gasteiger charge is 2.24. The summed E-state index contributed by atoms with van der Waals surface area (Å²) in [6, 6.07) is 19.0. The number of phenolic OH excluding ortho intramolecular Hbond substituents is 1. The molecule has 6 heteroatoms. The van der Waals surface area contributed by atoms with E-state index in [1.165, 1.54) is 0 Å². The highest BCUT2D eigenvalue weighted by molar-refractivity contribution is 9.11. The van der Waals surface area contributed by atoms with Gasteiger partial charge in [-0.1, -0.05) is 30.3 Å². The minimum atomic E-state index is -0.150. The normalized spacial score (nSPS) is 13.8. The van der Waals surface area contributed by atoms with Gasteiger partial charge in [-0.25, -0.2) is 0 Å². The first-order valence-electron chi connectivity index (χ1n) is 8.80. The maximum absolute atomic E-state index is 12.5. The number of nitrogens with zero attached hydrogens (tertiary/aromatic N) is 1. The van der Waals surface area contributed by atoms with Crippen LogP contribution in [-0.2, 0) is 11.2 Å². The second-order valence-corrected chi connectivity index (χ2v) is 8.31. The zero-order valence-electron chi connectivity index (χ0n) is 15.0. The molecule has 0 aromatic heterocycles. The molecule has 1 heterocycles. The molecule has 2 N–H and O–H groups in total. The number of anilines is 1. The Morgan fingerprint density at radius 2 is 1.76 bits per heavy atom. The van der Waals surface area contributed by atoms with E-state index >= 15 is 0 Å². The van der Waals surface area contributed by atoms with Crippen LogP contribution < -0.4 is 5.32 Å². The van der Waals surface area contributed by atoms with Crippen LogP contribution >= 0.6 is 31.9 Å². The van der Waals surface area contributed by atoms with Gasteiger partial charge in [0.2, 0.25) is 0 Å². The second-order valence-electron chi connectivity index (χ2n) is 6.60. The summed E-state index contributed by atoms with van der Waals surface area (Å²) >= 11 is 6.66. The van der Waals surface area contributed by atoms with Crippen LogP contribution in [0.15, 0.2) is 69.6 Å². The molecule has 1 amide bonds. The number of hydrogen-bond acceptors (Lipinski definition) is 3. The lowest BCUT2D eigenvalue weighted by atomic mass is 9.96. The Morgan fingerprint density at radius 1 is 1.03 bits per heavy atom. The molecule has 0 radical (unpaired) electrons. The lowest BCUT2D eigenvalue weighted by Gasteiger charge is -2.07. The van der Waals surface area contributed by atoms with Crippen LogP contribution in [0.5, 0.6) is 5.75 Å². The van der Waals surface area contributed by atoms with E-state index in [-0.39, 0.29) is 11.7 Å². The van der Waals surface area contributed by atoms with Gasteiger partial charge in [0.1, 0.15) is 5.75 Å². The molecule has 1 aliphatic heterocycles. The van der Waals surface area contributed by atoms with Crippen molar-refractivity contribution in [2.75, 3.05) is 5.32 Å². The summed E-state index contributed by atoms with van der Waals surface area (Å²) in [7, 11) is 0. The Kier molecular flexibility index (Phi) is 5.27. The van der Waals surface area contributed by atoms with Gasteiger partial charge in [0.05, 0.1) is 20.6 Å². The van der Waals surface area contributed by atoms with Gasteiger partial charge >= 0.3 is 0 Å². The van der Waals surface area contributed by atoms with E-state index in [0.29, 0.717) is 26.5 Å². The van der Waals surface area contributed by atoms with Crippen LogP contribution in [0.1, 0.15) is 16.7 Å². The molecule has 0 fully saturated rings. The standard InChI is InChI=1S/C23H14Br2N2O2/c24-19-9-13(10-20(25)22(19)28)5-7-17-18-11-14(6-8-21(18)27-23(17)29)16-4-2-1-3-15(16)12-26/h1-4,6-11,28H,5H2,(H,27,29)/b17-7-. The number of carbonyl (C=O) groups excluding carboxylic acids is 1. The second kappa shape index (κ2) is 7.86. The SMILES string of the molecule is N#Cc1ccccc1-c1ccc2c(c1)/C(=C/Cc1cc(Br)c(O)c(Br)c1)C(=O)N2. The van der Waals surface area contributed by atoms with Gasteiger partial charge in [0, 0.05) is 16.8 Å². The van der Waals surface area contributed by atoms with Gasteiger partial charge in [-0.05, 0) is 85.3 Å². The summed E-state index contributed by atoms with van der Waals surface area (Å²) < 4.78 is 1.18. The van der Waals surface area contributed by atoms with Crippen LogP contribution in [0.4, 0.5) is 5.69 Å². The number of benzene rings is 3. The molecule has 4 nitrogen and oxygen atoms in total. The number of halogens is 2. The summed E-state index contributed by atoms with van der Waals surface area (Å²) in [6.45, 7) is 0. The molecule has 4 rings (SSSR count). The molecule has 3 aromatic carbocycles. The Bertz CT molecular complexity index is 1200. The number of aromatic hydroxyl groups is 1. The van der Waals surface area contributed by atoms with Crippen LogP contribution in [-0.4, -0.2) is 11.0 Å². The third-order valence-corrected chi connectivity index (χ3v) is 5.99. The predicted octanol–water partition coefficient (Wildman–Crippen LogP) is 6.03. The number of nitriles is 1. The van der Waals surface area contributed by atoms with Crippen molar-refractivity contribution in [1.82, 2.24) is 0 Å². The van der Waals surface area contributed by atoms with Crippen molar-refractivity contribution in [1.29, 1.82) is 5.26 Å². The van der Waals surface area contributed by atoms with Gasteiger partial charge in [-0.15, -0.1) is 0 Å². The van der Waals surface area contributed by atoms with E-state index in [1.54, 1.807) is 6.07 Å². The summed E-state index contributed by atoms with van der Waals surface area (Å²) in [6.07, 6.45) is 2.41. The largest absolute Gasteiger partial charge is 0.506 e. The number of hydrogen-bond donors (Lipinski definition) is 2. The lowest BCUT2D eigenvalue weighted by Crippen LogP contribution is -2.04. The van der Waals surface area contributed by atoms with Crippen molar-refractivity contribution < 1.29 is 9.90 Å². The van der Waals surface area contributed by atoms with Gasteiger partial charge < -0.3 is 10.4 Å². The van der Waals surface area contributed by atoms with Gasteiger partial charge in [0.25, 0.3) is 5.91 Å². The molecular weight excluding hydrogens is 496 g/mol. The Balaban J connectivity index is 1.72. The minimum absolute atomic E-state index is 0.145.